The van der Waals surface area contributed by atoms with Crippen LogP contribution in [0.4, 0.5) is 0 Å². The Morgan fingerprint density at radius 3 is 2.44 bits per heavy atom. The third kappa shape index (κ3) is 4.51. The van der Waals surface area contributed by atoms with Gasteiger partial charge in [-0.3, -0.25) is 4.79 Å². The number of carbonyl (C=O) groups excluding carboxylic acids is 2. The minimum absolute atomic E-state index is 0.0219. The largest absolute Gasteiger partial charge is 0.467 e. The first-order chi connectivity index (χ1) is 8.54. The number of hydrogen-bond donors (Lipinski definition) is 1. The molecule has 0 heterocycles. The molecule has 0 spiro atoms. The summed E-state index contributed by atoms with van der Waals surface area (Å²) in [6.45, 7) is 5.61. The molecule has 0 radical (unpaired) electrons. The van der Waals surface area contributed by atoms with E-state index in [1.807, 2.05) is 6.92 Å². The van der Waals surface area contributed by atoms with Crippen LogP contribution in [-0.4, -0.2) is 25.0 Å². The number of hydrogen-bond acceptors (Lipinski definition) is 3. The first-order valence-corrected chi connectivity index (χ1v) is 6.57. The molecule has 0 aromatic rings. The second kappa shape index (κ2) is 7.19. The number of amides is 1. The number of esters is 1. The molecule has 0 aliphatic heterocycles. The highest BCUT2D eigenvalue weighted by atomic mass is 16.5. The summed E-state index contributed by atoms with van der Waals surface area (Å²) in [5.74, 6) is -0.371. The SMILES string of the molecule is C=C(C)C[C@@H](NC(=O)C1CCCCC1)C(=O)OC. The Morgan fingerprint density at radius 1 is 1.33 bits per heavy atom. The van der Waals surface area contributed by atoms with Gasteiger partial charge in [-0.1, -0.05) is 24.8 Å². The first-order valence-electron chi connectivity index (χ1n) is 6.57. The molecule has 1 rings (SSSR count). The Balaban J connectivity index is 2.55. The fourth-order valence-corrected chi connectivity index (χ4v) is 2.34. The minimum Gasteiger partial charge on any atom is -0.467 e. The van der Waals surface area contributed by atoms with Crippen LogP contribution >= 0.6 is 0 Å². The van der Waals surface area contributed by atoms with Crippen molar-refractivity contribution in [3.05, 3.63) is 12.2 Å². The van der Waals surface area contributed by atoms with Crippen LogP contribution in [0, 0.1) is 5.92 Å². The smallest absolute Gasteiger partial charge is 0.328 e. The van der Waals surface area contributed by atoms with E-state index in [1.54, 1.807) is 0 Å². The molecule has 18 heavy (non-hydrogen) atoms. The lowest BCUT2D eigenvalue weighted by Gasteiger charge is -2.23. The zero-order valence-corrected chi connectivity index (χ0v) is 11.3. The third-order valence-corrected chi connectivity index (χ3v) is 3.33. The highest BCUT2D eigenvalue weighted by Gasteiger charge is 2.26. The highest BCUT2D eigenvalue weighted by Crippen LogP contribution is 2.24. The summed E-state index contributed by atoms with van der Waals surface area (Å²) in [6, 6.07) is -0.595. The molecule has 1 fully saturated rings. The summed E-state index contributed by atoms with van der Waals surface area (Å²) in [6.07, 6.45) is 5.68. The number of methoxy groups -OCH3 is 1. The van der Waals surface area contributed by atoms with Crippen LogP contribution in [0.25, 0.3) is 0 Å². The van der Waals surface area contributed by atoms with Gasteiger partial charge in [0.05, 0.1) is 7.11 Å². The lowest BCUT2D eigenvalue weighted by Crippen LogP contribution is -2.44. The Labute approximate surface area is 109 Å². The predicted molar refractivity (Wildman–Crippen MR) is 70.0 cm³/mol. The summed E-state index contributed by atoms with van der Waals surface area (Å²) in [5, 5.41) is 2.79. The Morgan fingerprint density at radius 2 is 1.94 bits per heavy atom. The first kappa shape index (κ1) is 14.7. The van der Waals surface area contributed by atoms with Crippen molar-refractivity contribution in [3.63, 3.8) is 0 Å². The van der Waals surface area contributed by atoms with E-state index < -0.39 is 12.0 Å². The maximum atomic E-state index is 12.1. The fourth-order valence-electron chi connectivity index (χ4n) is 2.34. The molecule has 0 aromatic carbocycles. The van der Waals surface area contributed by atoms with Gasteiger partial charge in [-0.15, -0.1) is 6.58 Å². The number of nitrogens with one attached hydrogen (secondary N) is 1. The zero-order valence-electron chi connectivity index (χ0n) is 11.3. The van der Waals surface area contributed by atoms with E-state index in [0.29, 0.717) is 6.42 Å². The summed E-state index contributed by atoms with van der Waals surface area (Å²) >= 11 is 0. The summed E-state index contributed by atoms with van der Waals surface area (Å²) in [7, 11) is 1.33. The van der Waals surface area contributed by atoms with Crippen molar-refractivity contribution >= 4 is 11.9 Å². The van der Waals surface area contributed by atoms with Gasteiger partial charge in [0.15, 0.2) is 0 Å². The average molecular weight is 253 g/mol. The van der Waals surface area contributed by atoms with Crippen molar-refractivity contribution in [1.29, 1.82) is 0 Å². The molecule has 0 aromatic heterocycles. The van der Waals surface area contributed by atoms with E-state index in [9.17, 15) is 9.59 Å². The molecular formula is C14H23NO3. The Hall–Kier alpha value is -1.32. The third-order valence-electron chi connectivity index (χ3n) is 3.33. The molecule has 1 saturated carbocycles. The molecule has 1 N–H and O–H groups in total. The van der Waals surface area contributed by atoms with Gasteiger partial charge >= 0.3 is 5.97 Å². The maximum Gasteiger partial charge on any atom is 0.328 e. The van der Waals surface area contributed by atoms with Gasteiger partial charge in [0.25, 0.3) is 0 Å². The molecule has 1 aliphatic carbocycles. The summed E-state index contributed by atoms with van der Waals surface area (Å²) < 4.78 is 4.71. The van der Waals surface area contributed by atoms with Crippen LogP contribution in [-0.2, 0) is 14.3 Å². The number of rotatable bonds is 5. The minimum atomic E-state index is -0.595. The molecule has 0 unspecified atom stereocenters. The standard InChI is InChI=1S/C14H23NO3/c1-10(2)9-12(14(17)18-3)15-13(16)11-7-5-4-6-8-11/h11-12H,1,4-9H2,2-3H3,(H,15,16)/t12-/m1/s1. The highest BCUT2D eigenvalue weighted by molar-refractivity contribution is 5.85. The summed E-state index contributed by atoms with van der Waals surface area (Å²) in [4.78, 5) is 23.6. The van der Waals surface area contributed by atoms with E-state index in [4.69, 9.17) is 4.74 Å². The van der Waals surface area contributed by atoms with E-state index in [2.05, 4.69) is 11.9 Å². The van der Waals surface area contributed by atoms with Crippen molar-refractivity contribution < 1.29 is 14.3 Å². The van der Waals surface area contributed by atoms with Gasteiger partial charge in [0, 0.05) is 5.92 Å². The molecule has 0 saturated heterocycles. The van der Waals surface area contributed by atoms with E-state index in [1.165, 1.54) is 13.5 Å². The normalized spacial score (nSPS) is 17.9. The second-order valence-electron chi connectivity index (χ2n) is 5.08. The Bertz CT molecular complexity index is 319. The van der Waals surface area contributed by atoms with Crippen molar-refractivity contribution in [1.82, 2.24) is 5.32 Å². The molecule has 1 atom stereocenters. The molecule has 4 nitrogen and oxygen atoms in total. The molecule has 0 bridgehead atoms. The average Bonchev–Trinajstić information content (AvgIpc) is 2.37. The van der Waals surface area contributed by atoms with E-state index in [0.717, 1.165) is 31.3 Å². The van der Waals surface area contributed by atoms with Crippen LogP contribution in [0.15, 0.2) is 12.2 Å². The number of ether oxygens (including phenoxy) is 1. The van der Waals surface area contributed by atoms with Gasteiger partial charge < -0.3 is 10.1 Å². The quantitative estimate of drug-likeness (QED) is 0.603. The fraction of sp³-hybridized carbons (Fsp3) is 0.714. The lowest BCUT2D eigenvalue weighted by atomic mass is 9.88. The van der Waals surface area contributed by atoms with Gasteiger partial charge in [0.1, 0.15) is 6.04 Å². The monoisotopic (exact) mass is 253 g/mol. The van der Waals surface area contributed by atoms with E-state index >= 15 is 0 Å². The lowest BCUT2D eigenvalue weighted by molar-refractivity contribution is -0.145. The van der Waals surface area contributed by atoms with Crippen LogP contribution in [0.1, 0.15) is 45.4 Å². The predicted octanol–water partition coefficient (Wildman–Crippen LogP) is 2.19. The van der Waals surface area contributed by atoms with Crippen LogP contribution in [0.3, 0.4) is 0 Å². The zero-order chi connectivity index (χ0) is 13.5. The van der Waals surface area contributed by atoms with Crippen LogP contribution < -0.4 is 5.32 Å². The Kier molecular flexibility index (Phi) is 5.89. The number of carbonyl (C=O) groups is 2. The molecule has 4 heteroatoms. The van der Waals surface area contributed by atoms with Crippen molar-refractivity contribution in [2.75, 3.05) is 7.11 Å². The second-order valence-corrected chi connectivity index (χ2v) is 5.08. The van der Waals surface area contributed by atoms with Gasteiger partial charge in [-0.05, 0) is 26.2 Å². The van der Waals surface area contributed by atoms with Crippen molar-refractivity contribution in [2.45, 2.75) is 51.5 Å². The van der Waals surface area contributed by atoms with Gasteiger partial charge in [0.2, 0.25) is 5.91 Å². The van der Waals surface area contributed by atoms with Crippen LogP contribution in [0.5, 0.6) is 0 Å². The topological polar surface area (TPSA) is 55.4 Å². The van der Waals surface area contributed by atoms with Crippen molar-refractivity contribution in [3.8, 4) is 0 Å². The molecule has 1 aliphatic rings. The van der Waals surface area contributed by atoms with Gasteiger partial charge in [-0.25, -0.2) is 4.79 Å². The van der Waals surface area contributed by atoms with E-state index in [-0.39, 0.29) is 11.8 Å². The van der Waals surface area contributed by atoms with Gasteiger partial charge in [-0.2, -0.15) is 0 Å². The maximum absolute atomic E-state index is 12.1. The molecule has 1 amide bonds. The summed E-state index contributed by atoms with van der Waals surface area (Å²) in [5.41, 5.74) is 0.856. The molecular weight excluding hydrogens is 230 g/mol. The van der Waals surface area contributed by atoms with Crippen LogP contribution in [0.2, 0.25) is 0 Å². The van der Waals surface area contributed by atoms with Crippen molar-refractivity contribution in [2.24, 2.45) is 5.92 Å². The molecule has 102 valence electrons.